The lowest BCUT2D eigenvalue weighted by Gasteiger charge is -2.07. The fourth-order valence-electron chi connectivity index (χ4n) is 1.69. The SMILES string of the molecule is Cc1c(C#N)c(CCl)nc2ccccc12. The second kappa shape index (κ2) is 3.88. The molecule has 0 aliphatic carbocycles. The molecule has 2 aromatic rings. The van der Waals surface area contributed by atoms with E-state index >= 15 is 0 Å². The average molecular weight is 217 g/mol. The Balaban J connectivity index is 2.89. The van der Waals surface area contributed by atoms with Crippen LogP contribution < -0.4 is 0 Å². The third kappa shape index (κ3) is 1.55. The maximum absolute atomic E-state index is 9.04. The minimum Gasteiger partial charge on any atom is -0.250 e. The van der Waals surface area contributed by atoms with Gasteiger partial charge in [-0.3, -0.25) is 4.98 Å². The molecule has 2 nitrogen and oxygen atoms in total. The van der Waals surface area contributed by atoms with Crippen LogP contribution in [0.4, 0.5) is 0 Å². The van der Waals surface area contributed by atoms with Crippen molar-refractivity contribution in [1.82, 2.24) is 4.98 Å². The predicted molar refractivity (Wildman–Crippen MR) is 60.8 cm³/mol. The van der Waals surface area contributed by atoms with Crippen molar-refractivity contribution in [2.24, 2.45) is 0 Å². The van der Waals surface area contributed by atoms with E-state index in [1.54, 1.807) is 0 Å². The molecule has 0 unspecified atom stereocenters. The highest BCUT2D eigenvalue weighted by Crippen LogP contribution is 2.22. The number of halogens is 1. The molecule has 74 valence electrons. The van der Waals surface area contributed by atoms with Gasteiger partial charge >= 0.3 is 0 Å². The van der Waals surface area contributed by atoms with E-state index in [1.807, 2.05) is 31.2 Å². The maximum Gasteiger partial charge on any atom is 0.101 e. The molecule has 0 saturated heterocycles. The number of aromatic nitrogens is 1. The molecular formula is C12H9ClN2. The number of para-hydroxylation sites is 1. The summed E-state index contributed by atoms with van der Waals surface area (Å²) >= 11 is 5.77. The second-order valence-corrected chi connectivity index (χ2v) is 3.59. The van der Waals surface area contributed by atoms with Gasteiger partial charge in [0, 0.05) is 5.39 Å². The number of alkyl halides is 1. The zero-order valence-electron chi connectivity index (χ0n) is 8.29. The molecule has 15 heavy (non-hydrogen) atoms. The first kappa shape index (κ1) is 9.95. The van der Waals surface area contributed by atoms with Crippen LogP contribution in [0.5, 0.6) is 0 Å². The molecule has 0 saturated carbocycles. The van der Waals surface area contributed by atoms with Gasteiger partial charge in [-0.25, -0.2) is 0 Å². The molecule has 0 radical (unpaired) electrons. The van der Waals surface area contributed by atoms with Gasteiger partial charge in [0.2, 0.25) is 0 Å². The van der Waals surface area contributed by atoms with E-state index in [0.29, 0.717) is 11.3 Å². The third-order valence-corrected chi connectivity index (χ3v) is 2.72. The summed E-state index contributed by atoms with van der Waals surface area (Å²) in [6.07, 6.45) is 0. The Bertz CT molecular complexity index is 555. The normalized spacial score (nSPS) is 10.2. The van der Waals surface area contributed by atoms with Crippen LogP contribution in [-0.2, 0) is 5.88 Å². The predicted octanol–water partition coefficient (Wildman–Crippen LogP) is 3.15. The number of pyridine rings is 1. The van der Waals surface area contributed by atoms with Crippen molar-refractivity contribution < 1.29 is 0 Å². The first-order chi connectivity index (χ1) is 7.27. The highest BCUT2D eigenvalue weighted by atomic mass is 35.5. The number of fused-ring (bicyclic) bond motifs is 1. The molecule has 0 aliphatic rings. The third-order valence-electron chi connectivity index (χ3n) is 2.47. The molecular weight excluding hydrogens is 208 g/mol. The summed E-state index contributed by atoms with van der Waals surface area (Å²) in [5.41, 5.74) is 3.11. The van der Waals surface area contributed by atoms with E-state index in [9.17, 15) is 0 Å². The van der Waals surface area contributed by atoms with Gasteiger partial charge in [0.1, 0.15) is 6.07 Å². The quantitative estimate of drug-likeness (QED) is 0.687. The molecule has 1 aromatic carbocycles. The fraction of sp³-hybridized carbons (Fsp3) is 0.167. The zero-order valence-corrected chi connectivity index (χ0v) is 9.04. The van der Waals surface area contributed by atoms with Crippen molar-refractivity contribution >= 4 is 22.5 Å². The first-order valence-corrected chi connectivity index (χ1v) is 5.15. The Labute approximate surface area is 93.1 Å². The maximum atomic E-state index is 9.04. The minimum absolute atomic E-state index is 0.272. The van der Waals surface area contributed by atoms with E-state index in [2.05, 4.69) is 11.1 Å². The summed E-state index contributed by atoms with van der Waals surface area (Å²) in [4.78, 5) is 4.37. The number of hydrogen-bond acceptors (Lipinski definition) is 2. The van der Waals surface area contributed by atoms with Crippen molar-refractivity contribution in [2.45, 2.75) is 12.8 Å². The summed E-state index contributed by atoms with van der Waals surface area (Å²) in [5, 5.41) is 10.1. The van der Waals surface area contributed by atoms with Crippen LogP contribution >= 0.6 is 11.6 Å². The highest BCUT2D eigenvalue weighted by molar-refractivity contribution is 6.17. The molecule has 0 bridgehead atoms. The van der Waals surface area contributed by atoms with Crippen molar-refractivity contribution in [3.05, 3.63) is 41.1 Å². The van der Waals surface area contributed by atoms with Crippen molar-refractivity contribution in [3.63, 3.8) is 0 Å². The number of rotatable bonds is 1. The lowest BCUT2D eigenvalue weighted by Crippen LogP contribution is -1.96. The summed E-state index contributed by atoms with van der Waals surface area (Å²) in [5.74, 6) is 0.272. The van der Waals surface area contributed by atoms with Gasteiger partial charge in [-0.05, 0) is 18.6 Å². The monoisotopic (exact) mass is 216 g/mol. The topological polar surface area (TPSA) is 36.7 Å². The molecule has 1 aromatic heterocycles. The Hall–Kier alpha value is -1.59. The van der Waals surface area contributed by atoms with Gasteiger partial charge in [0.05, 0.1) is 22.7 Å². The van der Waals surface area contributed by atoms with E-state index in [0.717, 1.165) is 16.5 Å². The van der Waals surface area contributed by atoms with E-state index < -0.39 is 0 Å². The molecule has 0 aliphatic heterocycles. The second-order valence-electron chi connectivity index (χ2n) is 3.32. The molecule has 3 heteroatoms. The summed E-state index contributed by atoms with van der Waals surface area (Å²) in [7, 11) is 0. The van der Waals surface area contributed by atoms with Crippen LogP contribution in [0.3, 0.4) is 0 Å². The van der Waals surface area contributed by atoms with Gasteiger partial charge in [0.15, 0.2) is 0 Å². The summed E-state index contributed by atoms with van der Waals surface area (Å²) < 4.78 is 0. The number of nitriles is 1. The molecule has 1 heterocycles. The number of benzene rings is 1. The van der Waals surface area contributed by atoms with Crippen LogP contribution in [0, 0.1) is 18.3 Å². The number of hydrogen-bond donors (Lipinski definition) is 0. The molecule has 2 rings (SSSR count). The Morgan fingerprint density at radius 2 is 2.13 bits per heavy atom. The molecule has 0 spiro atoms. The van der Waals surface area contributed by atoms with Crippen molar-refractivity contribution in [2.75, 3.05) is 0 Å². The minimum atomic E-state index is 0.272. The van der Waals surface area contributed by atoms with Gasteiger partial charge in [-0.1, -0.05) is 18.2 Å². The van der Waals surface area contributed by atoms with Gasteiger partial charge in [-0.2, -0.15) is 5.26 Å². The van der Waals surface area contributed by atoms with E-state index in [-0.39, 0.29) is 5.88 Å². The van der Waals surface area contributed by atoms with Gasteiger partial charge in [0.25, 0.3) is 0 Å². The van der Waals surface area contributed by atoms with E-state index in [1.165, 1.54) is 0 Å². The average Bonchev–Trinajstić information content (AvgIpc) is 2.29. The molecule has 0 fully saturated rings. The highest BCUT2D eigenvalue weighted by Gasteiger charge is 2.10. The lowest BCUT2D eigenvalue weighted by atomic mass is 10.0. The molecule has 0 atom stereocenters. The van der Waals surface area contributed by atoms with E-state index in [4.69, 9.17) is 16.9 Å². The summed E-state index contributed by atoms with van der Waals surface area (Å²) in [6.45, 7) is 1.93. The van der Waals surface area contributed by atoms with Crippen molar-refractivity contribution in [1.29, 1.82) is 5.26 Å². The van der Waals surface area contributed by atoms with Gasteiger partial charge in [-0.15, -0.1) is 11.6 Å². The van der Waals surface area contributed by atoms with Gasteiger partial charge < -0.3 is 0 Å². The van der Waals surface area contributed by atoms with Crippen molar-refractivity contribution in [3.8, 4) is 6.07 Å². The Kier molecular flexibility index (Phi) is 2.57. The largest absolute Gasteiger partial charge is 0.250 e. The summed E-state index contributed by atoms with van der Waals surface area (Å²) in [6, 6.07) is 9.93. The van der Waals surface area contributed by atoms with Crippen LogP contribution in [0.1, 0.15) is 16.8 Å². The molecule has 0 amide bonds. The number of nitrogens with zero attached hydrogens (tertiary/aromatic N) is 2. The van der Waals surface area contributed by atoms with Crippen LogP contribution in [-0.4, -0.2) is 4.98 Å². The first-order valence-electron chi connectivity index (χ1n) is 4.62. The molecule has 0 N–H and O–H groups in total. The fourth-order valence-corrected chi connectivity index (χ4v) is 1.88. The Morgan fingerprint density at radius 3 is 2.80 bits per heavy atom. The standard InChI is InChI=1S/C12H9ClN2/c1-8-9-4-2-3-5-11(9)15-12(6-13)10(8)7-14/h2-5H,6H2,1H3. The Morgan fingerprint density at radius 1 is 1.40 bits per heavy atom. The van der Waals surface area contributed by atoms with Crippen LogP contribution in [0.15, 0.2) is 24.3 Å². The lowest BCUT2D eigenvalue weighted by molar-refractivity contribution is 1.17. The zero-order chi connectivity index (χ0) is 10.8. The van der Waals surface area contributed by atoms with Crippen LogP contribution in [0.2, 0.25) is 0 Å². The smallest absolute Gasteiger partial charge is 0.101 e. The van der Waals surface area contributed by atoms with Crippen LogP contribution in [0.25, 0.3) is 10.9 Å². The number of aryl methyl sites for hydroxylation is 1.